The van der Waals surface area contributed by atoms with Crippen molar-refractivity contribution in [3.05, 3.63) is 47.5 Å². The molecule has 0 aliphatic rings. The van der Waals surface area contributed by atoms with E-state index in [4.69, 9.17) is 0 Å². The molecule has 6 nitrogen and oxygen atoms in total. The van der Waals surface area contributed by atoms with Crippen LogP contribution >= 0.6 is 0 Å². The molecular weight excluding hydrogens is 290 g/mol. The van der Waals surface area contributed by atoms with Crippen molar-refractivity contribution in [2.75, 3.05) is 6.54 Å². The Labute approximate surface area is 137 Å². The van der Waals surface area contributed by atoms with Crippen LogP contribution in [0.4, 0.5) is 4.79 Å². The van der Waals surface area contributed by atoms with Crippen LogP contribution in [-0.4, -0.2) is 27.3 Å². The Balaban J connectivity index is 1.92. The zero-order valence-electron chi connectivity index (χ0n) is 14.4. The Morgan fingerprint density at radius 2 is 2.13 bits per heavy atom. The van der Waals surface area contributed by atoms with E-state index in [0.29, 0.717) is 6.54 Å². The van der Waals surface area contributed by atoms with Gasteiger partial charge < -0.3 is 15.2 Å². The van der Waals surface area contributed by atoms with Crippen molar-refractivity contribution in [3.63, 3.8) is 0 Å². The molecule has 2 amide bonds. The van der Waals surface area contributed by atoms with E-state index in [-0.39, 0.29) is 17.5 Å². The highest BCUT2D eigenvalue weighted by atomic mass is 16.2. The maximum atomic E-state index is 12.1. The van der Waals surface area contributed by atoms with E-state index in [1.807, 2.05) is 20.0 Å². The highest BCUT2D eigenvalue weighted by molar-refractivity contribution is 5.74. The Hall–Kier alpha value is -2.37. The van der Waals surface area contributed by atoms with E-state index in [9.17, 15) is 4.79 Å². The molecule has 1 atom stereocenters. The summed E-state index contributed by atoms with van der Waals surface area (Å²) in [6.45, 7) is 8.74. The first-order chi connectivity index (χ1) is 10.8. The molecule has 2 N–H and O–H groups in total. The minimum Gasteiger partial charge on any atom is -0.337 e. The van der Waals surface area contributed by atoms with Gasteiger partial charge in [-0.1, -0.05) is 43.7 Å². The van der Waals surface area contributed by atoms with Crippen LogP contribution in [0.2, 0.25) is 0 Å². The summed E-state index contributed by atoms with van der Waals surface area (Å²) in [6.07, 6.45) is 1.62. The van der Waals surface area contributed by atoms with E-state index in [2.05, 4.69) is 59.8 Å². The molecule has 0 unspecified atom stereocenters. The third-order valence-electron chi connectivity index (χ3n) is 3.97. The number of hydrogen-bond donors (Lipinski definition) is 2. The fraction of sp³-hybridized carbons (Fsp3) is 0.471. The number of hydrogen-bond acceptors (Lipinski definition) is 3. The highest BCUT2D eigenvalue weighted by Gasteiger charge is 2.22. The van der Waals surface area contributed by atoms with Crippen LogP contribution in [0.3, 0.4) is 0 Å². The fourth-order valence-electron chi connectivity index (χ4n) is 2.47. The fourth-order valence-corrected chi connectivity index (χ4v) is 2.47. The van der Waals surface area contributed by atoms with Gasteiger partial charge in [0.1, 0.15) is 6.33 Å². The van der Waals surface area contributed by atoms with Gasteiger partial charge in [0.15, 0.2) is 5.82 Å². The molecule has 2 aromatic rings. The molecule has 0 spiro atoms. The molecule has 23 heavy (non-hydrogen) atoms. The Kier molecular flexibility index (Phi) is 5.03. The zero-order chi connectivity index (χ0) is 17.0. The van der Waals surface area contributed by atoms with Crippen LogP contribution in [-0.2, 0) is 12.5 Å². The molecule has 124 valence electrons. The number of urea groups is 1. The van der Waals surface area contributed by atoms with Gasteiger partial charge in [0, 0.05) is 19.0 Å². The SMILES string of the molecule is Cc1cccc(C(C)(C)CNC(=O)N[C@@H](C)c2nncn2C)c1. The molecule has 0 aliphatic heterocycles. The number of carbonyl (C=O) groups excluding carboxylic acids is 1. The average molecular weight is 315 g/mol. The van der Waals surface area contributed by atoms with Crippen molar-refractivity contribution in [1.29, 1.82) is 0 Å². The molecular formula is C17H25N5O. The molecule has 1 aromatic heterocycles. The number of carbonyl (C=O) groups is 1. The van der Waals surface area contributed by atoms with Crippen LogP contribution in [0.1, 0.15) is 43.8 Å². The van der Waals surface area contributed by atoms with Crippen LogP contribution < -0.4 is 10.6 Å². The van der Waals surface area contributed by atoms with Crippen molar-refractivity contribution < 1.29 is 4.79 Å². The summed E-state index contributed by atoms with van der Waals surface area (Å²) in [5.41, 5.74) is 2.28. The number of aryl methyl sites for hydroxylation is 2. The number of rotatable bonds is 5. The Morgan fingerprint density at radius 1 is 1.39 bits per heavy atom. The summed E-state index contributed by atoms with van der Waals surface area (Å²) < 4.78 is 1.79. The predicted molar refractivity (Wildman–Crippen MR) is 90.2 cm³/mol. The van der Waals surface area contributed by atoms with Gasteiger partial charge in [-0.25, -0.2) is 4.79 Å². The van der Waals surface area contributed by atoms with E-state index in [0.717, 1.165) is 5.82 Å². The van der Waals surface area contributed by atoms with Gasteiger partial charge in [0.05, 0.1) is 6.04 Å². The van der Waals surface area contributed by atoms with Crippen LogP contribution in [0.5, 0.6) is 0 Å². The van der Waals surface area contributed by atoms with Crippen LogP contribution in [0.15, 0.2) is 30.6 Å². The van der Waals surface area contributed by atoms with Crippen LogP contribution in [0, 0.1) is 6.92 Å². The number of nitrogens with one attached hydrogen (secondary N) is 2. The van der Waals surface area contributed by atoms with Crippen molar-refractivity contribution in [3.8, 4) is 0 Å². The Bertz CT molecular complexity index is 677. The lowest BCUT2D eigenvalue weighted by molar-refractivity contribution is 0.234. The summed E-state index contributed by atoms with van der Waals surface area (Å²) in [7, 11) is 1.85. The minimum absolute atomic E-state index is 0.141. The zero-order valence-corrected chi connectivity index (χ0v) is 14.4. The first kappa shape index (κ1) is 17.0. The van der Waals surface area contributed by atoms with Gasteiger partial charge >= 0.3 is 6.03 Å². The average Bonchev–Trinajstić information content (AvgIpc) is 2.91. The molecule has 0 saturated carbocycles. The van der Waals surface area contributed by atoms with Crippen molar-refractivity contribution >= 4 is 6.03 Å². The third-order valence-corrected chi connectivity index (χ3v) is 3.97. The van der Waals surface area contributed by atoms with Crippen molar-refractivity contribution in [2.45, 2.75) is 39.2 Å². The molecule has 0 aliphatic carbocycles. The van der Waals surface area contributed by atoms with E-state index >= 15 is 0 Å². The summed E-state index contributed by atoms with van der Waals surface area (Å²) in [5, 5.41) is 13.7. The molecule has 0 bridgehead atoms. The third kappa shape index (κ3) is 4.31. The number of nitrogens with zero attached hydrogens (tertiary/aromatic N) is 3. The standard InChI is InChI=1S/C17H25N5O/c1-12-7-6-8-14(9-12)17(3,4)10-18-16(23)20-13(2)15-21-19-11-22(15)5/h6-9,11,13H,10H2,1-5H3,(H2,18,20,23)/t13-/m0/s1. The van der Waals surface area contributed by atoms with Crippen molar-refractivity contribution in [1.82, 2.24) is 25.4 Å². The molecule has 1 heterocycles. The second kappa shape index (κ2) is 6.81. The van der Waals surface area contributed by atoms with Gasteiger partial charge in [-0.2, -0.15) is 0 Å². The smallest absolute Gasteiger partial charge is 0.315 e. The molecule has 0 fully saturated rings. The largest absolute Gasteiger partial charge is 0.337 e. The summed E-state index contributed by atoms with van der Waals surface area (Å²) in [5.74, 6) is 0.720. The summed E-state index contributed by atoms with van der Waals surface area (Å²) in [6, 6.07) is 7.95. The lowest BCUT2D eigenvalue weighted by Crippen LogP contribution is -2.43. The van der Waals surface area contributed by atoms with Gasteiger partial charge in [-0.3, -0.25) is 0 Å². The maximum absolute atomic E-state index is 12.1. The minimum atomic E-state index is -0.207. The van der Waals surface area contributed by atoms with E-state index in [1.165, 1.54) is 11.1 Å². The number of benzene rings is 1. The molecule has 0 saturated heterocycles. The topological polar surface area (TPSA) is 71.8 Å². The second-order valence-corrected chi connectivity index (χ2v) is 6.60. The number of amides is 2. The van der Waals surface area contributed by atoms with E-state index < -0.39 is 0 Å². The quantitative estimate of drug-likeness (QED) is 0.890. The molecule has 1 aromatic carbocycles. The second-order valence-electron chi connectivity index (χ2n) is 6.60. The monoisotopic (exact) mass is 315 g/mol. The first-order valence-electron chi connectivity index (χ1n) is 7.75. The molecule has 2 rings (SSSR count). The van der Waals surface area contributed by atoms with Gasteiger partial charge in [-0.15, -0.1) is 10.2 Å². The van der Waals surface area contributed by atoms with E-state index in [1.54, 1.807) is 10.9 Å². The van der Waals surface area contributed by atoms with Gasteiger partial charge in [0.25, 0.3) is 0 Å². The first-order valence-corrected chi connectivity index (χ1v) is 7.75. The lowest BCUT2D eigenvalue weighted by atomic mass is 9.84. The lowest BCUT2D eigenvalue weighted by Gasteiger charge is -2.26. The van der Waals surface area contributed by atoms with Gasteiger partial charge in [0.2, 0.25) is 0 Å². The van der Waals surface area contributed by atoms with Crippen LogP contribution in [0.25, 0.3) is 0 Å². The Morgan fingerprint density at radius 3 is 2.74 bits per heavy atom. The molecule has 0 radical (unpaired) electrons. The summed E-state index contributed by atoms with van der Waals surface area (Å²) in [4.78, 5) is 12.1. The predicted octanol–water partition coefficient (Wildman–Crippen LogP) is 2.46. The number of aromatic nitrogens is 3. The highest BCUT2D eigenvalue weighted by Crippen LogP contribution is 2.23. The molecule has 6 heteroatoms. The van der Waals surface area contributed by atoms with Crippen molar-refractivity contribution in [2.24, 2.45) is 7.05 Å². The summed E-state index contributed by atoms with van der Waals surface area (Å²) >= 11 is 0. The van der Waals surface area contributed by atoms with Gasteiger partial charge in [-0.05, 0) is 19.4 Å². The normalized spacial score (nSPS) is 12.7. The maximum Gasteiger partial charge on any atom is 0.315 e.